The SMILES string of the molecule is CC[C@@H](C(=O)O)n1nc(C)c(Cl)c1C(F)F. The van der Waals surface area contributed by atoms with Gasteiger partial charge >= 0.3 is 5.97 Å². The van der Waals surface area contributed by atoms with E-state index in [9.17, 15) is 13.6 Å². The van der Waals surface area contributed by atoms with Crippen LogP contribution in [0.4, 0.5) is 8.78 Å². The molecule has 0 radical (unpaired) electrons. The van der Waals surface area contributed by atoms with E-state index in [1.54, 1.807) is 6.92 Å². The first-order valence-electron chi connectivity index (χ1n) is 4.65. The Kier molecular flexibility index (Phi) is 3.85. The van der Waals surface area contributed by atoms with E-state index in [0.717, 1.165) is 4.68 Å². The molecule has 1 rings (SSSR count). The fourth-order valence-corrected chi connectivity index (χ4v) is 1.64. The van der Waals surface area contributed by atoms with E-state index in [4.69, 9.17) is 16.7 Å². The average Bonchev–Trinajstić information content (AvgIpc) is 2.43. The topological polar surface area (TPSA) is 55.1 Å². The summed E-state index contributed by atoms with van der Waals surface area (Å²) in [5, 5.41) is 12.5. The summed E-state index contributed by atoms with van der Waals surface area (Å²) >= 11 is 5.66. The van der Waals surface area contributed by atoms with E-state index in [2.05, 4.69) is 5.10 Å². The van der Waals surface area contributed by atoms with Crippen LogP contribution in [0.25, 0.3) is 0 Å². The molecule has 0 unspecified atom stereocenters. The van der Waals surface area contributed by atoms with Crippen molar-refractivity contribution in [2.75, 3.05) is 0 Å². The number of nitrogens with zero attached hydrogens (tertiary/aromatic N) is 2. The van der Waals surface area contributed by atoms with E-state index < -0.39 is 24.1 Å². The van der Waals surface area contributed by atoms with Crippen molar-refractivity contribution >= 4 is 17.6 Å². The Labute approximate surface area is 95.8 Å². The van der Waals surface area contributed by atoms with Crippen LogP contribution in [-0.2, 0) is 4.79 Å². The number of aromatic nitrogens is 2. The Balaban J connectivity index is 3.32. The van der Waals surface area contributed by atoms with E-state index in [0.29, 0.717) is 0 Å². The molecule has 0 fully saturated rings. The molecule has 1 aromatic rings. The first-order valence-corrected chi connectivity index (χ1v) is 5.03. The van der Waals surface area contributed by atoms with Crippen LogP contribution in [0.3, 0.4) is 0 Å². The number of rotatable bonds is 4. The maximum Gasteiger partial charge on any atom is 0.328 e. The van der Waals surface area contributed by atoms with Gasteiger partial charge in [0.05, 0.1) is 10.7 Å². The van der Waals surface area contributed by atoms with E-state index in [1.807, 2.05) is 0 Å². The van der Waals surface area contributed by atoms with Crippen LogP contribution in [0.1, 0.15) is 37.2 Å². The molecule has 0 aliphatic rings. The van der Waals surface area contributed by atoms with Crippen molar-refractivity contribution in [2.45, 2.75) is 32.7 Å². The van der Waals surface area contributed by atoms with Gasteiger partial charge in [0, 0.05) is 0 Å². The zero-order valence-corrected chi connectivity index (χ0v) is 9.50. The average molecular weight is 253 g/mol. The Hall–Kier alpha value is -1.17. The van der Waals surface area contributed by atoms with Gasteiger partial charge in [-0.2, -0.15) is 5.10 Å². The third-order valence-corrected chi connectivity index (χ3v) is 2.69. The van der Waals surface area contributed by atoms with Gasteiger partial charge in [0.25, 0.3) is 6.43 Å². The standard InChI is InChI=1S/C9H11ClF2N2O2/c1-3-5(9(15)16)14-7(8(11)12)6(10)4(2)13-14/h5,8H,3H2,1-2H3,(H,15,16)/t5-/m0/s1. The monoisotopic (exact) mass is 252 g/mol. The summed E-state index contributed by atoms with van der Waals surface area (Å²) in [7, 11) is 0. The number of carbonyl (C=O) groups is 1. The molecule has 0 bridgehead atoms. The van der Waals surface area contributed by atoms with Gasteiger partial charge < -0.3 is 5.11 Å². The first-order chi connectivity index (χ1) is 7.40. The molecule has 1 aromatic heterocycles. The molecule has 7 heteroatoms. The number of aryl methyl sites for hydroxylation is 1. The maximum atomic E-state index is 12.7. The lowest BCUT2D eigenvalue weighted by molar-refractivity contribution is -0.141. The highest BCUT2D eigenvalue weighted by molar-refractivity contribution is 6.31. The molecule has 16 heavy (non-hydrogen) atoms. The second-order valence-corrected chi connectivity index (χ2v) is 3.67. The minimum Gasteiger partial charge on any atom is -0.480 e. The van der Waals surface area contributed by atoms with Crippen molar-refractivity contribution in [2.24, 2.45) is 0 Å². The summed E-state index contributed by atoms with van der Waals surface area (Å²) in [5.74, 6) is -1.21. The number of carboxylic acids is 1. The van der Waals surface area contributed by atoms with E-state index in [-0.39, 0.29) is 17.1 Å². The lowest BCUT2D eigenvalue weighted by atomic mass is 10.2. The van der Waals surface area contributed by atoms with Gasteiger partial charge in [0.15, 0.2) is 0 Å². The van der Waals surface area contributed by atoms with Gasteiger partial charge in [0.1, 0.15) is 11.7 Å². The van der Waals surface area contributed by atoms with Gasteiger partial charge in [-0.1, -0.05) is 18.5 Å². The fourth-order valence-electron chi connectivity index (χ4n) is 1.43. The number of hydrogen-bond acceptors (Lipinski definition) is 2. The quantitative estimate of drug-likeness (QED) is 0.896. The number of hydrogen-bond donors (Lipinski definition) is 1. The molecule has 0 aliphatic heterocycles. The zero-order chi connectivity index (χ0) is 12.5. The Morgan fingerprint density at radius 1 is 1.62 bits per heavy atom. The van der Waals surface area contributed by atoms with Gasteiger partial charge in [-0.3, -0.25) is 0 Å². The zero-order valence-electron chi connectivity index (χ0n) is 8.75. The second-order valence-electron chi connectivity index (χ2n) is 3.29. The van der Waals surface area contributed by atoms with Crippen LogP contribution in [-0.4, -0.2) is 20.9 Å². The van der Waals surface area contributed by atoms with Crippen molar-refractivity contribution in [3.05, 3.63) is 16.4 Å². The highest BCUT2D eigenvalue weighted by atomic mass is 35.5. The summed E-state index contributed by atoms with van der Waals surface area (Å²) in [5.41, 5.74) is -0.329. The Morgan fingerprint density at radius 2 is 2.19 bits per heavy atom. The molecule has 1 heterocycles. The van der Waals surface area contributed by atoms with Crippen molar-refractivity contribution in [1.29, 1.82) is 0 Å². The number of alkyl halides is 2. The lowest BCUT2D eigenvalue weighted by Gasteiger charge is -2.13. The molecule has 0 spiro atoms. The third-order valence-electron chi connectivity index (χ3n) is 2.22. The van der Waals surface area contributed by atoms with Gasteiger partial charge in [-0.05, 0) is 13.3 Å². The van der Waals surface area contributed by atoms with Gasteiger partial charge in [0.2, 0.25) is 0 Å². The molecule has 0 aromatic carbocycles. The lowest BCUT2D eigenvalue weighted by Crippen LogP contribution is -2.21. The van der Waals surface area contributed by atoms with Crippen molar-refractivity contribution in [3.63, 3.8) is 0 Å². The predicted octanol–water partition coefficient (Wildman–Crippen LogP) is 2.82. The van der Waals surface area contributed by atoms with Gasteiger partial charge in [-0.15, -0.1) is 0 Å². The van der Waals surface area contributed by atoms with Crippen LogP contribution < -0.4 is 0 Å². The maximum absolute atomic E-state index is 12.7. The largest absolute Gasteiger partial charge is 0.480 e. The minimum absolute atomic E-state index is 0.159. The minimum atomic E-state index is -2.85. The number of halogens is 3. The molecule has 1 N–H and O–H groups in total. The van der Waals surface area contributed by atoms with Crippen LogP contribution in [0.2, 0.25) is 5.02 Å². The summed E-state index contributed by atoms with van der Waals surface area (Å²) in [4.78, 5) is 10.9. The molecule has 90 valence electrons. The molecular weight excluding hydrogens is 242 g/mol. The summed E-state index contributed by atoms with van der Waals surface area (Å²) in [6, 6.07) is -1.12. The van der Waals surface area contributed by atoms with E-state index >= 15 is 0 Å². The van der Waals surface area contributed by atoms with Crippen LogP contribution >= 0.6 is 11.6 Å². The summed E-state index contributed by atoms with van der Waals surface area (Å²) < 4.78 is 26.2. The van der Waals surface area contributed by atoms with E-state index in [1.165, 1.54) is 6.92 Å². The molecular formula is C9H11ClF2N2O2. The fraction of sp³-hybridized carbons (Fsp3) is 0.556. The second kappa shape index (κ2) is 4.78. The molecule has 0 saturated heterocycles. The summed E-state index contributed by atoms with van der Waals surface area (Å²) in [6.07, 6.45) is -2.69. The van der Waals surface area contributed by atoms with Crippen LogP contribution in [0.5, 0.6) is 0 Å². The highest BCUT2D eigenvalue weighted by Gasteiger charge is 2.28. The normalized spacial score (nSPS) is 13.1. The molecule has 0 aliphatic carbocycles. The van der Waals surface area contributed by atoms with Crippen molar-refractivity contribution in [3.8, 4) is 0 Å². The molecule has 0 saturated carbocycles. The molecule has 1 atom stereocenters. The third kappa shape index (κ3) is 2.16. The Morgan fingerprint density at radius 3 is 2.56 bits per heavy atom. The van der Waals surface area contributed by atoms with Crippen molar-refractivity contribution in [1.82, 2.24) is 9.78 Å². The van der Waals surface area contributed by atoms with Crippen LogP contribution in [0.15, 0.2) is 0 Å². The molecule has 4 nitrogen and oxygen atoms in total. The first kappa shape index (κ1) is 12.9. The van der Waals surface area contributed by atoms with Crippen molar-refractivity contribution < 1.29 is 18.7 Å². The van der Waals surface area contributed by atoms with Crippen LogP contribution in [0, 0.1) is 6.92 Å². The molecule has 0 amide bonds. The number of aliphatic carboxylic acids is 1. The summed E-state index contributed by atoms with van der Waals surface area (Å²) in [6.45, 7) is 3.04. The predicted molar refractivity (Wildman–Crippen MR) is 53.9 cm³/mol. The number of carboxylic acid groups (broad SMARTS) is 1. The smallest absolute Gasteiger partial charge is 0.328 e. The van der Waals surface area contributed by atoms with Gasteiger partial charge in [-0.25, -0.2) is 18.3 Å². The highest BCUT2D eigenvalue weighted by Crippen LogP contribution is 2.32. The Bertz CT molecular complexity index is 406.